The average Bonchev–Trinajstić information content (AvgIpc) is 2.62. The molecule has 0 atom stereocenters. The van der Waals surface area contributed by atoms with Crippen LogP contribution < -0.4 is 14.9 Å². The number of ether oxygens (including phenoxy) is 3. The summed E-state index contributed by atoms with van der Waals surface area (Å²) in [5, 5.41) is 9.60. The number of hydrogen-bond donors (Lipinski definition) is 1. The predicted octanol–water partition coefficient (Wildman–Crippen LogP) is 2.20. The zero-order chi connectivity index (χ0) is 18.2. The van der Waals surface area contributed by atoms with Gasteiger partial charge in [-0.25, -0.2) is 0 Å². The highest BCUT2D eigenvalue weighted by atomic mass is 16.5. The first-order chi connectivity index (χ1) is 12.1. The molecule has 0 aliphatic rings. The highest BCUT2D eigenvalue weighted by Gasteiger charge is 2.12. The Morgan fingerprint density at radius 3 is 2.52 bits per heavy atom. The number of aliphatic hydroxyl groups excluding tert-OH is 1. The number of carbonyl (C=O) groups is 1. The van der Waals surface area contributed by atoms with Gasteiger partial charge < -0.3 is 19.3 Å². The molecule has 0 bridgehead atoms. The molecule has 6 heteroatoms. The zero-order valence-corrected chi connectivity index (χ0v) is 14.9. The lowest BCUT2D eigenvalue weighted by molar-refractivity contribution is -0.142. The van der Waals surface area contributed by atoms with E-state index in [1.165, 1.54) is 0 Å². The highest BCUT2D eigenvalue weighted by molar-refractivity contribution is 6.51. The summed E-state index contributed by atoms with van der Waals surface area (Å²) in [6.45, 7) is 4.06. The SMILES string of the molecule is CBc1ccc(Oc2cc(CC(=O)OCC)ccc2OC)c(CO)c1. The Balaban J connectivity index is 2.29. The van der Waals surface area contributed by atoms with Gasteiger partial charge in [0.25, 0.3) is 0 Å². The van der Waals surface area contributed by atoms with Crippen molar-refractivity contribution in [2.24, 2.45) is 0 Å². The monoisotopic (exact) mass is 342 g/mol. The summed E-state index contributed by atoms with van der Waals surface area (Å²) < 4.78 is 16.3. The van der Waals surface area contributed by atoms with Crippen LogP contribution >= 0.6 is 0 Å². The molecular weight excluding hydrogens is 319 g/mol. The minimum atomic E-state index is -0.290. The molecule has 2 aromatic carbocycles. The van der Waals surface area contributed by atoms with Crippen LogP contribution in [0.25, 0.3) is 0 Å². The molecule has 0 aromatic heterocycles. The number of aliphatic hydroxyl groups is 1. The molecule has 0 heterocycles. The van der Waals surface area contributed by atoms with Gasteiger partial charge in [-0.2, -0.15) is 0 Å². The summed E-state index contributed by atoms with van der Waals surface area (Å²) in [5.74, 6) is 1.31. The van der Waals surface area contributed by atoms with Gasteiger partial charge in [0.15, 0.2) is 18.8 Å². The Labute approximate surface area is 148 Å². The van der Waals surface area contributed by atoms with Crippen LogP contribution in [0.1, 0.15) is 18.1 Å². The van der Waals surface area contributed by atoms with Crippen molar-refractivity contribution in [2.45, 2.75) is 26.8 Å². The van der Waals surface area contributed by atoms with Gasteiger partial charge in [-0.05, 0) is 30.7 Å². The third kappa shape index (κ3) is 5.00. The van der Waals surface area contributed by atoms with Crippen molar-refractivity contribution in [3.63, 3.8) is 0 Å². The normalized spacial score (nSPS) is 10.2. The largest absolute Gasteiger partial charge is 0.493 e. The third-order valence-corrected chi connectivity index (χ3v) is 3.81. The Morgan fingerprint density at radius 1 is 1.12 bits per heavy atom. The molecular formula is C19H23BO5. The van der Waals surface area contributed by atoms with Gasteiger partial charge in [0.2, 0.25) is 0 Å². The van der Waals surface area contributed by atoms with E-state index < -0.39 is 0 Å². The zero-order valence-electron chi connectivity index (χ0n) is 14.9. The van der Waals surface area contributed by atoms with Gasteiger partial charge in [-0.3, -0.25) is 4.79 Å². The van der Waals surface area contributed by atoms with E-state index in [0.717, 1.165) is 18.3 Å². The van der Waals surface area contributed by atoms with E-state index in [9.17, 15) is 9.90 Å². The van der Waals surface area contributed by atoms with Crippen molar-refractivity contribution in [3.05, 3.63) is 47.5 Å². The van der Waals surface area contributed by atoms with E-state index in [-0.39, 0.29) is 19.0 Å². The van der Waals surface area contributed by atoms with E-state index >= 15 is 0 Å². The second-order valence-corrected chi connectivity index (χ2v) is 5.52. The van der Waals surface area contributed by atoms with Gasteiger partial charge >= 0.3 is 5.97 Å². The summed E-state index contributed by atoms with van der Waals surface area (Å²) in [5.41, 5.74) is 2.60. The fourth-order valence-corrected chi connectivity index (χ4v) is 2.48. The minimum Gasteiger partial charge on any atom is -0.493 e. The van der Waals surface area contributed by atoms with Crippen LogP contribution in [-0.4, -0.2) is 32.1 Å². The molecule has 1 N–H and O–H groups in total. The Hall–Kier alpha value is -2.47. The number of carbonyl (C=O) groups excluding carboxylic acids is 1. The van der Waals surface area contributed by atoms with Gasteiger partial charge in [0.1, 0.15) is 5.75 Å². The topological polar surface area (TPSA) is 65.0 Å². The number of esters is 1. The van der Waals surface area contributed by atoms with Crippen LogP contribution in [-0.2, 0) is 22.6 Å². The Kier molecular flexibility index (Phi) is 6.89. The second-order valence-electron chi connectivity index (χ2n) is 5.52. The second kappa shape index (κ2) is 9.13. The van der Waals surface area contributed by atoms with Gasteiger partial charge in [0.05, 0.1) is 26.7 Å². The first-order valence-corrected chi connectivity index (χ1v) is 8.34. The number of methoxy groups -OCH3 is 1. The molecule has 132 valence electrons. The van der Waals surface area contributed by atoms with Gasteiger partial charge in [-0.1, -0.05) is 30.5 Å². The molecule has 0 amide bonds. The fourth-order valence-electron chi connectivity index (χ4n) is 2.48. The summed E-state index contributed by atoms with van der Waals surface area (Å²) in [4.78, 5) is 11.7. The first kappa shape index (κ1) is 18.9. The van der Waals surface area contributed by atoms with E-state index in [1.807, 2.05) is 18.2 Å². The van der Waals surface area contributed by atoms with Crippen molar-refractivity contribution in [1.82, 2.24) is 0 Å². The van der Waals surface area contributed by atoms with E-state index in [0.29, 0.717) is 29.4 Å². The molecule has 25 heavy (non-hydrogen) atoms. The van der Waals surface area contributed by atoms with Gasteiger partial charge in [0, 0.05) is 5.56 Å². The molecule has 0 fully saturated rings. The number of hydrogen-bond acceptors (Lipinski definition) is 5. The molecule has 0 saturated heterocycles. The number of benzene rings is 2. The molecule has 0 aliphatic heterocycles. The maximum Gasteiger partial charge on any atom is 0.310 e. The lowest BCUT2D eigenvalue weighted by Gasteiger charge is -2.15. The Morgan fingerprint density at radius 2 is 1.88 bits per heavy atom. The van der Waals surface area contributed by atoms with Crippen molar-refractivity contribution < 1.29 is 24.1 Å². The fraction of sp³-hybridized carbons (Fsp3) is 0.316. The lowest BCUT2D eigenvalue weighted by Crippen LogP contribution is -2.11. The smallest absolute Gasteiger partial charge is 0.310 e. The highest BCUT2D eigenvalue weighted by Crippen LogP contribution is 2.34. The lowest BCUT2D eigenvalue weighted by atomic mass is 9.73. The van der Waals surface area contributed by atoms with Crippen LogP contribution in [0, 0.1) is 0 Å². The molecule has 2 aromatic rings. The Bertz CT molecular complexity index is 730. The van der Waals surface area contributed by atoms with Crippen molar-refractivity contribution in [1.29, 1.82) is 0 Å². The molecule has 0 spiro atoms. The summed E-state index contributed by atoms with van der Waals surface area (Å²) in [6.07, 6.45) is 0.163. The predicted molar refractivity (Wildman–Crippen MR) is 98.4 cm³/mol. The van der Waals surface area contributed by atoms with Crippen LogP contribution in [0.4, 0.5) is 0 Å². The molecule has 5 nitrogen and oxygen atoms in total. The minimum absolute atomic E-state index is 0.117. The maximum atomic E-state index is 11.7. The van der Waals surface area contributed by atoms with Crippen LogP contribution in [0.15, 0.2) is 36.4 Å². The third-order valence-electron chi connectivity index (χ3n) is 3.81. The average molecular weight is 342 g/mol. The maximum absolute atomic E-state index is 11.7. The van der Waals surface area contributed by atoms with Crippen LogP contribution in [0.5, 0.6) is 17.2 Å². The molecule has 0 radical (unpaired) electrons. The first-order valence-electron chi connectivity index (χ1n) is 8.34. The van der Waals surface area contributed by atoms with Gasteiger partial charge in [-0.15, -0.1) is 0 Å². The van der Waals surface area contributed by atoms with E-state index in [2.05, 4.69) is 6.82 Å². The summed E-state index contributed by atoms with van der Waals surface area (Å²) in [7, 11) is 2.44. The molecule has 0 unspecified atom stereocenters. The summed E-state index contributed by atoms with van der Waals surface area (Å²) in [6, 6.07) is 11.0. The van der Waals surface area contributed by atoms with E-state index in [1.54, 1.807) is 32.2 Å². The number of rotatable bonds is 8. The molecule has 0 aliphatic carbocycles. The molecule has 2 rings (SSSR count). The van der Waals surface area contributed by atoms with Crippen LogP contribution in [0.2, 0.25) is 6.82 Å². The van der Waals surface area contributed by atoms with Crippen LogP contribution in [0.3, 0.4) is 0 Å². The quantitative estimate of drug-likeness (QED) is 0.589. The standard InChI is InChI=1S/C19H23BO5/c1-4-24-19(22)10-13-5-7-17(23-3)18(9-13)25-16-8-6-15(20-2)11-14(16)12-21/h5-9,11,20-21H,4,10,12H2,1-3H3. The van der Waals surface area contributed by atoms with Crippen molar-refractivity contribution in [3.8, 4) is 17.2 Å². The molecule has 0 saturated carbocycles. The van der Waals surface area contributed by atoms with Crippen molar-refractivity contribution >= 4 is 18.7 Å². The van der Waals surface area contributed by atoms with E-state index in [4.69, 9.17) is 14.2 Å². The summed E-state index contributed by atoms with van der Waals surface area (Å²) >= 11 is 0. The van der Waals surface area contributed by atoms with Crippen molar-refractivity contribution in [2.75, 3.05) is 13.7 Å².